The van der Waals surface area contributed by atoms with Crippen molar-refractivity contribution in [3.8, 4) is 0 Å². The Balaban J connectivity index is 1.77. The molecular weight excluding hydrogens is 258 g/mol. The number of aliphatic carboxylic acids is 1. The van der Waals surface area contributed by atoms with Crippen LogP contribution in [0.5, 0.6) is 0 Å². The van der Waals surface area contributed by atoms with Crippen LogP contribution in [0.25, 0.3) is 0 Å². The molecule has 1 aliphatic rings. The molecule has 0 aromatic heterocycles. The maximum absolute atomic E-state index is 11.7. The van der Waals surface area contributed by atoms with E-state index in [1.807, 2.05) is 30.3 Å². The predicted molar refractivity (Wildman–Crippen MR) is 73.1 cm³/mol. The van der Waals surface area contributed by atoms with Gasteiger partial charge in [0.25, 0.3) is 0 Å². The molecular formula is C15H19NO4. The van der Waals surface area contributed by atoms with Crippen LogP contribution in [0.1, 0.15) is 31.7 Å². The van der Waals surface area contributed by atoms with Crippen molar-refractivity contribution in [2.75, 3.05) is 0 Å². The van der Waals surface area contributed by atoms with Gasteiger partial charge in [0.2, 0.25) is 0 Å². The van der Waals surface area contributed by atoms with Gasteiger partial charge in [0.1, 0.15) is 6.61 Å². The first-order valence-electron chi connectivity index (χ1n) is 6.70. The van der Waals surface area contributed by atoms with Crippen LogP contribution < -0.4 is 5.32 Å². The number of alkyl carbamates (subject to hydrolysis) is 1. The molecule has 0 radical (unpaired) electrons. The maximum Gasteiger partial charge on any atom is 0.407 e. The van der Waals surface area contributed by atoms with Gasteiger partial charge in [-0.2, -0.15) is 0 Å². The van der Waals surface area contributed by atoms with Crippen LogP contribution in [0.2, 0.25) is 0 Å². The molecule has 2 N–H and O–H groups in total. The summed E-state index contributed by atoms with van der Waals surface area (Å²) in [6.45, 7) is 1.93. The third kappa shape index (κ3) is 3.50. The van der Waals surface area contributed by atoms with Gasteiger partial charge in [-0.05, 0) is 31.7 Å². The topological polar surface area (TPSA) is 75.6 Å². The lowest BCUT2D eigenvalue weighted by Gasteiger charge is -2.18. The highest BCUT2D eigenvalue weighted by Gasteiger charge is 2.41. The minimum Gasteiger partial charge on any atom is -0.481 e. The van der Waals surface area contributed by atoms with Crippen LogP contribution in [0.4, 0.5) is 4.79 Å². The van der Waals surface area contributed by atoms with E-state index in [1.165, 1.54) is 0 Å². The number of carboxylic acid groups (broad SMARTS) is 1. The number of nitrogens with one attached hydrogen (secondary N) is 1. The summed E-state index contributed by atoms with van der Waals surface area (Å²) >= 11 is 0. The van der Waals surface area contributed by atoms with Crippen LogP contribution in [0.3, 0.4) is 0 Å². The number of amides is 1. The molecule has 0 aliphatic heterocycles. The monoisotopic (exact) mass is 277 g/mol. The molecule has 5 heteroatoms. The minimum absolute atomic E-state index is 0.126. The molecule has 108 valence electrons. The van der Waals surface area contributed by atoms with E-state index < -0.39 is 17.5 Å². The Kier molecular flexibility index (Phi) is 4.27. The quantitative estimate of drug-likeness (QED) is 0.886. The van der Waals surface area contributed by atoms with Crippen molar-refractivity contribution >= 4 is 12.1 Å². The number of carbonyl (C=O) groups excluding carboxylic acids is 1. The van der Waals surface area contributed by atoms with Crippen LogP contribution >= 0.6 is 0 Å². The Morgan fingerprint density at radius 2 is 2.10 bits per heavy atom. The van der Waals surface area contributed by atoms with E-state index in [2.05, 4.69) is 5.32 Å². The number of hydrogen-bond donors (Lipinski definition) is 2. The van der Waals surface area contributed by atoms with Gasteiger partial charge in [0.15, 0.2) is 0 Å². The Labute approximate surface area is 117 Å². The number of hydrogen-bond acceptors (Lipinski definition) is 3. The zero-order valence-corrected chi connectivity index (χ0v) is 11.5. The molecule has 1 aromatic rings. The van der Waals surface area contributed by atoms with E-state index in [-0.39, 0.29) is 12.6 Å². The summed E-state index contributed by atoms with van der Waals surface area (Å²) in [6.07, 6.45) is 1.20. The highest BCUT2D eigenvalue weighted by atomic mass is 16.5. The van der Waals surface area contributed by atoms with Gasteiger partial charge in [-0.25, -0.2) is 4.79 Å². The van der Waals surface area contributed by atoms with Gasteiger partial charge in [-0.15, -0.1) is 0 Å². The fourth-order valence-electron chi connectivity index (χ4n) is 2.49. The molecule has 1 fully saturated rings. The number of carboxylic acids is 1. The highest BCUT2D eigenvalue weighted by Crippen LogP contribution is 2.37. The lowest BCUT2D eigenvalue weighted by Crippen LogP contribution is -2.35. The molecule has 1 aliphatic carbocycles. The first kappa shape index (κ1) is 14.4. The molecule has 2 rings (SSSR count). The second kappa shape index (κ2) is 5.94. The zero-order valence-electron chi connectivity index (χ0n) is 11.5. The summed E-state index contributed by atoms with van der Waals surface area (Å²) in [7, 11) is 0. The second-order valence-corrected chi connectivity index (χ2v) is 5.51. The minimum atomic E-state index is -0.806. The average molecular weight is 277 g/mol. The van der Waals surface area contributed by atoms with Gasteiger partial charge < -0.3 is 15.2 Å². The van der Waals surface area contributed by atoms with E-state index in [0.29, 0.717) is 19.3 Å². The van der Waals surface area contributed by atoms with Crippen molar-refractivity contribution in [1.82, 2.24) is 5.32 Å². The third-order valence-electron chi connectivity index (χ3n) is 3.79. The van der Waals surface area contributed by atoms with Crippen LogP contribution in [-0.4, -0.2) is 23.2 Å². The van der Waals surface area contributed by atoms with Gasteiger partial charge in [-0.3, -0.25) is 4.79 Å². The maximum atomic E-state index is 11.7. The molecule has 1 amide bonds. The zero-order chi connectivity index (χ0) is 14.6. The SMILES string of the molecule is C[C@]1(C(=O)O)CC[C@H](NC(=O)OCc2ccccc2)C1. The lowest BCUT2D eigenvalue weighted by molar-refractivity contribution is -0.147. The van der Waals surface area contributed by atoms with Crippen LogP contribution in [-0.2, 0) is 16.1 Å². The normalized spacial score (nSPS) is 25.1. The Hall–Kier alpha value is -2.04. The Morgan fingerprint density at radius 3 is 2.70 bits per heavy atom. The van der Waals surface area contributed by atoms with E-state index in [9.17, 15) is 9.59 Å². The highest BCUT2D eigenvalue weighted by molar-refractivity contribution is 5.75. The van der Waals surface area contributed by atoms with E-state index in [1.54, 1.807) is 6.92 Å². The molecule has 0 saturated heterocycles. The van der Waals surface area contributed by atoms with Gasteiger partial charge in [-0.1, -0.05) is 30.3 Å². The van der Waals surface area contributed by atoms with Crippen molar-refractivity contribution in [1.29, 1.82) is 0 Å². The largest absolute Gasteiger partial charge is 0.481 e. The smallest absolute Gasteiger partial charge is 0.407 e. The van der Waals surface area contributed by atoms with Crippen molar-refractivity contribution in [3.05, 3.63) is 35.9 Å². The van der Waals surface area contributed by atoms with E-state index >= 15 is 0 Å². The summed E-state index contributed by atoms with van der Waals surface area (Å²) in [5.41, 5.74) is 0.182. The van der Waals surface area contributed by atoms with E-state index in [4.69, 9.17) is 9.84 Å². The van der Waals surface area contributed by atoms with Crippen molar-refractivity contribution in [2.24, 2.45) is 5.41 Å². The average Bonchev–Trinajstić information content (AvgIpc) is 2.80. The molecule has 0 bridgehead atoms. The standard InChI is InChI=1S/C15H19NO4/c1-15(13(17)18)8-7-12(9-15)16-14(19)20-10-11-5-3-2-4-6-11/h2-6,12H,7-10H2,1H3,(H,16,19)(H,17,18)/t12-,15-/m0/s1. The van der Waals surface area contributed by atoms with Gasteiger partial charge in [0.05, 0.1) is 5.41 Å². The number of benzene rings is 1. The van der Waals surface area contributed by atoms with Crippen LogP contribution in [0, 0.1) is 5.41 Å². The summed E-state index contributed by atoms with van der Waals surface area (Å²) < 4.78 is 5.12. The van der Waals surface area contributed by atoms with E-state index in [0.717, 1.165) is 5.56 Å². The molecule has 0 spiro atoms. The molecule has 20 heavy (non-hydrogen) atoms. The van der Waals surface area contributed by atoms with Gasteiger partial charge >= 0.3 is 12.1 Å². The molecule has 5 nitrogen and oxygen atoms in total. The number of rotatable bonds is 4. The summed E-state index contributed by atoms with van der Waals surface area (Å²) in [4.78, 5) is 22.8. The Morgan fingerprint density at radius 1 is 1.40 bits per heavy atom. The predicted octanol–water partition coefficient (Wildman–Crippen LogP) is 2.56. The van der Waals surface area contributed by atoms with Crippen molar-refractivity contribution < 1.29 is 19.4 Å². The lowest BCUT2D eigenvalue weighted by atomic mass is 9.89. The first-order valence-corrected chi connectivity index (χ1v) is 6.70. The first-order chi connectivity index (χ1) is 9.49. The molecule has 1 aromatic carbocycles. The number of carbonyl (C=O) groups is 2. The second-order valence-electron chi connectivity index (χ2n) is 5.51. The Bertz CT molecular complexity index is 488. The van der Waals surface area contributed by atoms with Crippen molar-refractivity contribution in [3.63, 3.8) is 0 Å². The number of ether oxygens (including phenoxy) is 1. The summed E-state index contributed by atoms with van der Waals surface area (Å²) in [5.74, 6) is -0.806. The molecule has 0 heterocycles. The molecule has 0 unspecified atom stereocenters. The fraction of sp³-hybridized carbons (Fsp3) is 0.467. The van der Waals surface area contributed by atoms with Crippen molar-refractivity contribution in [2.45, 2.75) is 38.8 Å². The third-order valence-corrected chi connectivity index (χ3v) is 3.79. The van der Waals surface area contributed by atoms with Crippen LogP contribution in [0.15, 0.2) is 30.3 Å². The molecule has 2 atom stereocenters. The fourth-order valence-corrected chi connectivity index (χ4v) is 2.49. The van der Waals surface area contributed by atoms with Gasteiger partial charge in [0, 0.05) is 6.04 Å². The summed E-state index contributed by atoms with van der Waals surface area (Å²) in [6, 6.07) is 9.29. The molecule has 1 saturated carbocycles. The summed E-state index contributed by atoms with van der Waals surface area (Å²) in [5, 5.41) is 11.9.